The first-order valence-electron chi connectivity index (χ1n) is 7.67. The molecule has 2 heterocycles. The smallest absolute Gasteiger partial charge is 0.127 e. The molecule has 4 heteroatoms. The molecule has 0 radical (unpaired) electrons. The van der Waals surface area contributed by atoms with E-state index in [9.17, 15) is 0 Å². The SMILES string of the molecule is Cc1cccc(C(Nc2cc(C)c(C#N)c(C)n2)C2CC2)n1. The van der Waals surface area contributed by atoms with Crippen molar-refractivity contribution in [2.24, 2.45) is 5.92 Å². The largest absolute Gasteiger partial charge is 0.361 e. The quantitative estimate of drug-likeness (QED) is 0.930. The maximum absolute atomic E-state index is 9.16. The first-order chi connectivity index (χ1) is 10.6. The molecular formula is C18H20N4. The summed E-state index contributed by atoms with van der Waals surface area (Å²) in [5.41, 5.74) is 4.51. The van der Waals surface area contributed by atoms with Crippen LogP contribution in [0.5, 0.6) is 0 Å². The van der Waals surface area contributed by atoms with Gasteiger partial charge in [-0.15, -0.1) is 0 Å². The van der Waals surface area contributed by atoms with Crippen molar-refractivity contribution in [1.82, 2.24) is 9.97 Å². The monoisotopic (exact) mass is 292 g/mol. The molecule has 0 spiro atoms. The fraction of sp³-hybridized carbons (Fsp3) is 0.389. The van der Waals surface area contributed by atoms with Crippen molar-refractivity contribution in [1.29, 1.82) is 5.26 Å². The van der Waals surface area contributed by atoms with E-state index in [0.717, 1.165) is 28.5 Å². The Balaban J connectivity index is 1.91. The summed E-state index contributed by atoms with van der Waals surface area (Å²) in [4.78, 5) is 9.21. The molecule has 1 aliphatic carbocycles. The molecule has 1 unspecified atom stereocenters. The van der Waals surface area contributed by atoms with E-state index < -0.39 is 0 Å². The van der Waals surface area contributed by atoms with E-state index in [0.29, 0.717) is 11.5 Å². The zero-order valence-electron chi connectivity index (χ0n) is 13.2. The Morgan fingerprint density at radius 3 is 2.59 bits per heavy atom. The standard InChI is InChI=1S/C18H20N4/c1-11-9-17(21-13(3)15(11)10-19)22-18(14-7-8-14)16-6-4-5-12(2)20-16/h4-6,9,14,18H,7-8H2,1-3H3,(H,21,22). The third-order valence-corrected chi connectivity index (χ3v) is 4.13. The van der Waals surface area contributed by atoms with Crippen LogP contribution in [0, 0.1) is 38.0 Å². The molecule has 0 aromatic carbocycles. The molecule has 2 aromatic heterocycles. The van der Waals surface area contributed by atoms with E-state index in [1.165, 1.54) is 12.8 Å². The van der Waals surface area contributed by atoms with Crippen LogP contribution >= 0.6 is 0 Å². The van der Waals surface area contributed by atoms with Crippen molar-refractivity contribution in [3.8, 4) is 6.07 Å². The van der Waals surface area contributed by atoms with Crippen molar-refractivity contribution in [3.05, 3.63) is 52.5 Å². The second-order valence-corrected chi connectivity index (χ2v) is 6.06. The summed E-state index contributed by atoms with van der Waals surface area (Å²) in [7, 11) is 0. The average Bonchev–Trinajstić information content (AvgIpc) is 3.29. The van der Waals surface area contributed by atoms with Crippen molar-refractivity contribution < 1.29 is 0 Å². The lowest BCUT2D eigenvalue weighted by molar-refractivity contribution is 0.652. The number of anilines is 1. The minimum Gasteiger partial charge on any atom is -0.361 e. The van der Waals surface area contributed by atoms with Gasteiger partial charge in [0.15, 0.2) is 0 Å². The summed E-state index contributed by atoms with van der Waals surface area (Å²) in [5.74, 6) is 1.45. The number of hydrogen-bond donors (Lipinski definition) is 1. The van der Waals surface area contributed by atoms with Gasteiger partial charge in [-0.05, 0) is 63.3 Å². The molecular weight excluding hydrogens is 272 g/mol. The van der Waals surface area contributed by atoms with E-state index in [-0.39, 0.29) is 6.04 Å². The third-order valence-electron chi connectivity index (χ3n) is 4.13. The van der Waals surface area contributed by atoms with Crippen LogP contribution < -0.4 is 5.32 Å². The molecule has 0 bridgehead atoms. The second kappa shape index (κ2) is 5.76. The predicted molar refractivity (Wildman–Crippen MR) is 86.5 cm³/mol. The van der Waals surface area contributed by atoms with Crippen LogP contribution in [0.2, 0.25) is 0 Å². The molecule has 0 amide bonds. The zero-order chi connectivity index (χ0) is 15.7. The highest BCUT2D eigenvalue weighted by atomic mass is 15.0. The molecule has 1 saturated carbocycles. The summed E-state index contributed by atoms with van der Waals surface area (Å²) in [6.45, 7) is 5.85. The molecule has 22 heavy (non-hydrogen) atoms. The fourth-order valence-electron chi connectivity index (χ4n) is 2.83. The number of nitrogens with zero attached hydrogens (tertiary/aromatic N) is 3. The molecule has 1 N–H and O–H groups in total. The van der Waals surface area contributed by atoms with Crippen molar-refractivity contribution >= 4 is 5.82 Å². The van der Waals surface area contributed by atoms with Crippen LogP contribution in [-0.4, -0.2) is 9.97 Å². The van der Waals surface area contributed by atoms with E-state index >= 15 is 0 Å². The van der Waals surface area contributed by atoms with Gasteiger partial charge in [-0.25, -0.2) is 4.98 Å². The van der Waals surface area contributed by atoms with Crippen LogP contribution in [0.4, 0.5) is 5.82 Å². The van der Waals surface area contributed by atoms with Crippen LogP contribution in [-0.2, 0) is 0 Å². The van der Waals surface area contributed by atoms with Crippen molar-refractivity contribution in [2.75, 3.05) is 5.32 Å². The Labute approximate surface area is 131 Å². The highest BCUT2D eigenvalue weighted by Gasteiger charge is 2.33. The number of nitrogens with one attached hydrogen (secondary N) is 1. The lowest BCUT2D eigenvalue weighted by Crippen LogP contribution is -2.16. The van der Waals surface area contributed by atoms with Gasteiger partial charge in [0.1, 0.15) is 11.9 Å². The Kier molecular flexibility index (Phi) is 3.81. The number of nitriles is 1. The van der Waals surface area contributed by atoms with Crippen LogP contribution in [0.15, 0.2) is 24.3 Å². The summed E-state index contributed by atoms with van der Waals surface area (Å²) in [6.07, 6.45) is 2.45. The second-order valence-electron chi connectivity index (χ2n) is 6.06. The van der Waals surface area contributed by atoms with Gasteiger partial charge >= 0.3 is 0 Å². The highest BCUT2D eigenvalue weighted by molar-refractivity contribution is 5.49. The zero-order valence-corrected chi connectivity index (χ0v) is 13.2. The number of hydrogen-bond acceptors (Lipinski definition) is 4. The van der Waals surface area contributed by atoms with E-state index in [1.54, 1.807) is 0 Å². The Bertz CT molecular complexity index is 718. The maximum atomic E-state index is 9.16. The average molecular weight is 292 g/mol. The lowest BCUT2D eigenvalue weighted by Gasteiger charge is -2.20. The van der Waals surface area contributed by atoms with Gasteiger partial charge in [-0.3, -0.25) is 4.98 Å². The summed E-state index contributed by atoms with van der Waals surface area (Å²) in [5, 5.41) is 12.7. The normalized spacial score (nSPS) is 15.2. The van der Waals surface area contributed by atoms with Crippen molar-refractivity contribution in [2.45, 2.75) is 39.7 Å². The molecule has 1 atom stereocenters. The van der Waals surface area contributed by atoms with E-state index in [1.807, 2.05) is 32.9 Å². The third kappa shape index (κ3) is 2.94. The number of pyridine rings is 2. The molecule has 0 aliphatic heterocycles. The summed E-state index contributed by atoms with van der Waals surface area (Å²) in [6, 6.07) is 10.5. The number of aromatic nitrogens is 2. The molecule has 1 fully saturated rings. The van der Waals surface area contributed by atoms with E-state index in [4.69, 9.17) is 5.26 Å². The van der Waals surface area contributed by atoms with Gasteiger partial charge in [-0.2, -0.15) is 5.26 Å². The molecule has 0 saturated heterocycles. The Morgan fingerprint density at radius 1 is 1.23 bits per heavy atom. The number of rotatable bonds is 4. The van der Waals surface area contributed by atoms with Gasteiger partial charge in [0, 0.05) is 5.69 Å². The van der Waals surface area contributed by atoms with Crippen LogP contribution in [0.1, 0.15) is 47.1 Å². The van der Waals surface area contributed by atoms with Crippen molar-refractivity contribution in [3.63, 3.8) is 0 Å². The first kappa shape index (κ1) is 14.5. The van der Waals surface area contributed by atoms with Gasteiger partial charge in [0.2, 0.25) is 0 Å². The van der Waals surface area contributed by atoms with Gasteiger partial charge < -0.3 is 5.32 Å². The molecule has 112 valence electrons. The topological polar surface area (TPSA) is 61.6 Å². The minimum atomic E-state index is 0.194. The van der Waals surface area contributed by atoms with Crippen LogP contribution in [0.3, 0.4) is 0 Å². The molecule has 1 aliphatic rings. The molecule has 4 nitrogen and oxygen atoms in total. The predicted octanol–water partition coefficient (Wildman–Crippen LogP) is 3.84. The molecule has 2 aromatic rings. The van der Waals surface area contributed by atoms with Gasteiger partial charge in [-0.1, -0.05) is 6.07 Å². The Hall–Kier alpha value is -2.41. The highest BCUT2D eigenvalue weighted by Crippen LogP contribution is 2.42. The first-order valence-corrected chi connectivity index (χ1v) is 7.67. The number of aryl methyl sites for hydroxylation is 3. The van der Waals surface area contributed by atoms with Gasteiger partial charge in [0.05, 0.1) is 23.0 Å². The van der Waals surface area contributed by atoms with Gasteiger partial charge in [0.25, 0.3) is 0 Å². The molecule has 3 rings (SSSR count). The lowest BCUT2D eigenvalue weighted by atomic mass is 10.1. The fourth-order valence-corrected chi connectivity index (χ4v) is 2.83. The maximum Gasteiger partial charge on any atom is 0.127 e. The van der Waals surface area contributed by atoms with Crippen LogP contribution in [0.25, 0.3) is 0 Å². The minimum absolute atomic E-state index is 0.194. The summed E-state index contributed by atoms with van der Waals surface area (Å²) < 4.78 is 0. The summed E-state index contributed by atoms with van der Waals surface area (Å²) >= 11 is 0. The van der Waals surface area contributed by atoms with E-state index in [2.05, 4.69) is 33.5 Å². The Morgan fingerprint density at radius 2 is 2.00 bits per heavy atom.